The van der Waals surface area contributed by atoms with E-state index in [4.69, 9.17) is 0 Å². The molecule has 6 heteroatoms. The van der Waals surface area contributed by atoms with E-state index in [0.29, 0.717) is 5.52 Å². The number of aromatic nitrogens is 2. The number of alkyl halides is 1. The number of non-ortho nitro benzene ring substituents is 1. The van der Waals surface area contributed by atoms with E-state index in [9.17, 15) is 10.1 Å². The van der Waals surface area contributed by atoms with Crippen LogP contribution in [0.1, 0.15) is 13.3 Å². The molecule has 0 fully saturated rings. The normalized spacial score (nSPS) is 9.62. The van der Waals surface area contributed by atoms with Gasteiger partial charge in [-0.1, -0.05) is 29.5 Å². The van der Waals surface area contributed by atoms with Crippen molar-refractivity contribution >= 4 is 39.3 Å². The molecule has 0 saturated carbocycles. The van der Waals surface area contributed by atoms with Crippen LogP contribution in [0.3, 0.4) is 0 Å². The van der Waals surface area contributed by atoms with Crippen LogP contribution in [0.4, 0.5) is 5.69 Å². The molecule has 2 rings (SSSR count). The fraction of sp³-hybridized carbons (Fsp3) is 0.300. The third-order valence-corrected chi connectivity index (χ3v) is 2.88. The van der Waals surface area contributed by atoms with Crippen LogP contribution in [-0.2, 0) is 0 Å². The van der Waals surface area contributed by atoms with Crippen molar-refractivity contribution in [3.63, 3.8) is 0 Å². The van der Waals surface area contributed by atoms with Gasteiger partial charge >= 0.3 is 0 Å². The van der Waals surface area contributed by atoms with Crippen molar-refractivity contribution in [2.45, 2.75) is 13.3 Å². The Kier molecular flexibility index (Phi) is 5.17. The predicted molar refractivity (Wildman–Crippen MR) is 71.9 cm³/mol. The highest BCUT2D eigenvalue weighted by Gasteiger charge is 2.05. The van der Waals surface area contributed by atoms with Crippen molar-refractivity contribution < 1.29 is 4.92 Å². The Labute approximate surface area is 107 Å². The molecule has 0 bridgehead atoms. The van der Waals surface area contributed by atoms with Crippen LogP contribution in [0.15, 0.2) is 24.5 Å². The molecule has 0 atom stereocenters. The lowest BCUT2D eigenvalue weighted by Gasteiger charge is -1.89. The average molecular weight is 333 g/mol. The van der Waals surface area contributed by atoms with Crippen LogP contribution in [0.25, 0.3) is 11.0 Å². The van der Waals surface area contributed by atoms with Gasteiger partial charge in [0.25, 0.3) is 5.69 Å². The van der Waals surface area contributed by atoms with Crippen LogP contribution in [0, 0.1) is 10.1 Å². The van der Waals surface area contributed by atoms with E-state index in [1.807, 2.05) is 0 Å². The highest BCUT2D eigenvalue weighted by Crippen LogP contribution is 2.16. The first-order valence-electron chi connectivity index (χ1n) is 4.82. The summed E-state index contributed by atoms with van der Waals surface area (Å²) < 4.78 is 1.29. The standard InChI is InChI=1S/C7H5N3O2.C3H7I/c11-10(12)5-1-2-6-7(3-5)9-4-8-6;1-2-3-4/h1-4H,(H,8,9);2-3H2,1H3. The van der Waals surface area contributed by atoms with E-state index in [2.05, 4.69) is 39.5 Å². The summed E-state index contributed by atoms with van der Waals surface area (Å²) >= 11 is 2.35. The highest BCUT2D eigenvalue weighted by molar-refractivity contribution is 14.1. The minimum atomic E-state index is -0.430. The molecule has 86 valence electrons. The Hall–Kier alpha value is -1.18. The van der Waals surface area contributed by atoms with E-state index in [1.54, 1.807) is 6.07 Å². The molecule has 0 radical (unpaired) electrons. The molecule has 1 aromatic heterocycles. The monoisotopic (exact) mass is 333 g/mol. The number of nitrogens with zero attached hydrogens (tertiary/aromatic N) is 2. The third kappa shape index (κ3) is 3.44. The van der Waals surface area contributed by atoms with Crippen molar-refractivity contribution in [2.24, 2.45) is 0 Å². The number of halogens is 1. The van der Waals surface area contributed by atoms with Gasteiger partial charge in [-0.05, 0) is 16.9 Å². The molecule has 1 heterocycles. The lowest BCUT2D eigenvalue weighted by Crippen LogP contribution is -1.86. The minimum absolute atomic E-state index is 0.0757. The SMILES string of the molecule is CCCI.O=[N+]([O-])c1ccc2nc[nH]c2c1. The zero-order valence-corrected chi connectivity index (χ0v) is 11.0. The lowest BCUT2D eigenvalue weighted by atomic mass is 10.3. The molecule has 0 spiro atoms. The molecule has 1 aromatic carbocycles. The van der Waals surface area contributed by atoms with Gasteiger partial charge in [0.05, 0.1) is 22.3 Å². The number of hydrogen-bond acceptors (Lipinski definition) is 3. The van der Waals surface area contributed by atoms with Crippen molar-refractivity contribution in [1.29, 1.82) is 0 Å². The Morgan fingerprint density at radius 2 is 2.25 bits per heavy atom. The second kappa shape index (κ2) is 6.41. The summed E-state index contributed by atoms with van der Waals surface area (Å²) in [6, 6.07) is 4.51. The number of nitro groups is 1. The molecule has 16 heavy (non-hydrogen) atoms. The lowest BCUT2D eigenvalue weighted by molar-refractivity contribution is -0.384. The van der Waals surface area contributed by atoms with Gasteiger partial charge in [0.2, 0.25) is 0 Å². The van der Waals surface area contributed by atoms with Gasteiger partial charge in [-0.15, -0.1) is 0 Å². The maximum absolute atomic E-state index is 10.3. The summed E-state index contributed by atoms with van der Waals surface area (Å²) in [5.74, 6) is 0. The minimum Gasteiger partial charge on any atom is -0.344 e. The smallest absolute Gasteiger partial charge is 0.271 e. The van der Waals surface area contributed by atoms with Crippen molar-refractivity contribution in [2.75, 3.05) is 4.43 Å². The fourth-order valence-corrected chi connectivity index (χ4v) is 1.04. The Bertz CT molecular complexity index is 468. The van der Waals surface area contributed by atoms with Crippen LogP contribution >= 0.6 is 22.6 Å². The number of hydrogen-bond donors (Lipinski definition) is 1. The molecular formula is C10H12IN3O2. The second-order valence-corrected chi connectivity index (χ2v) is 4.13. The van der Waals surface area contributed by atoms with Gasteiger partial charge in [0.1, 0.15) is 0 Å². The second-order valence-electron chi connectivity index (χ2n) is 3.05. The first-order valence-corrected chi connectivity index (χ1v) is 6.35. The van der Waals surface area contributed by atoms with Crippen molar-refractivity contribution in [1.82, 2.24) is 9.97 Å². The third-order valence-electron chi connectivity index (χ3n) is 1.80. The maximum Gasteiger partial charge on any atom is 0.271 e. The molecule has 0 aliphatic carbocycles. The number of H-pyrrole nitrogens is 1. The topological polar surface area (TPSA) is 71.8 Å². The molecule has 0 amide bonds. The highest BCUT2D eigenvalue weighted by atomic mass is 127. The maximum atomic E-state index is 10.3. The summed E-state index contributed by atoms with van der Waals surface area (Å²) in [4.78, 5) is 16.6. The molecule has 2 aromatic rings. The van der Waals surface area contributed by atoms with Crippen molar-refractivity contribution in [3.8, 4) is 0 Å². The summed E-state index contributed by atoms with van der Waals surface area (Å²) in [5.41, 5.74) is 1.50. The molecule has 0 unspecified atom stereocenters. The summed E-state index contributed by atoms with van der Waals surface area (Å²) in [7, 11) is 0. The summed E-state index contributed by atoms with van der Waals surface area (Å²) in [6.07, 6.45) is 2.81. The number of nitro benzene ring substituents is 1. The number of nitrogens with one attached hydrogen (secondary N) is 1. The van der Waals surface area contributed by atoms with Gasteiger partial charge in [0.15, 0.2) is 0 Å². The largest absolute Gasteiger partial charge is 0.344 e. The average Bonchev–Trinajstić information content (AvgIpc) is 2.76. The number of rotatable bonds is 2. The zero-order chi connectivity index (χ0) is 12.0. The first-order chi connectivity index (χ1) is 7.69. The Morgan fingerprint density at radius 3 is 2.81 bits per heavy atom. The van der Waals surface area contributed by atoms with Crippen LogP contribution in [0.5, 0.6) is 0 Å². The molecule has 0 aliphatic rings. The van der Waals surface area contributed by atoms with E-state index in [1.165, 1.54) is 29.3 Å². The van der Waals surface area contributed by atoms with Gasteiger partial charge in [-0.25, -0.2) is 4.98 Å². The summed E-state index contributed by atoms with van der Waals surface area (Å²) in [5, 5.41) is 10.3. The Morgan fingerprint density at radius 1 is 1.56 bits per heavy atom. The van der Waals surface area contributed by atoms with E-state index >= 15 is 0 Å². The molecule has 5 nitrogen and oxygen atoms in total. The molecule has 1 N–H and O–H groups in total. The van der Waals surface area contributed by atoms with Gasteiger partial charge in [0, 0.05) is 12.1 Å². The zero-order valence-electron chi connectivity index (χ0n) is 8.81. The van der Waals surface area contributed by atoms with Crippen molar-refractivity contribution in [3.05, 3.63) is 34.6 Å². The number of benzene rings is 1. The predicted octanol–water partition coefficient (Wildman–Crippen LogP) is 3.30. The van der Waals surface area contributed by atoms with Crippen LogP contribution in [-0.4, -0.2) is 19.3 Å². The molecule has 0 aliphatic heterocycles. The van der Waals surface area contributed by atoms with E-state index < -0.39 is 4.92 Å². The van der Waals surface area contributed by atoms with Gasteiger partial charge in [-0.3, -0.25) is 10.1 Å². The fourth-order valence-electron chi connectivity index (χ4n) is 1.04. The van der Waals surface area contributed by atoms with E-state index in [-0.39, 0.29) is 5.69 Å². The quantitative estimate of drug-likeness (QED) is 0.397. The van der Waals surface area contributed by atoms with Gasteiger partial charge < -0.3 is 4.98 Å². The van der Waals surface area contributed by atoms with E-state index in [0.717, 1.165) is 5.52 Å². The first kappa shape index (κ1) is 12.9. The molecule has 0 saturated heterocycles. The number of fused-ring (bicyclic) bond motifs is 1. The number of aromatic amines is 1. The van der Waals surface area contributed by atoms with Crippen LogP contribution < -0.4 is 0 Å². The van der Waals surface area contributed by atoms with Crippen LogP contribution in [0.2, 0.25) is 0 Å². The molecular weight excluding hydrogens is 321 g/mol. The Balaban J connectivity index is 0.000000280. The van der Waals surface area contributed by atoms with Gasteiger partial charge in [-0.2, -0.15) is 0 Å². The summed E-state index contributed by atoms with van der Waals surface area (Å²) in [6.45, 7) is 2.17. The number of imidazole rings is 1.